The van der Waals surface area contributed by atoms with Crippen LogP contribution in [0.15, 0.2) is 23.4 Å². The van der Waals surface area contributed by atoms with E-state index in [4.69, 9.17) is 4.74 Å². The number of H-pyrrole nitrogens is 1. The summed E-state index contributed by atoms with van der Waals surface area (Å²) in [6.07, 6.45) is -8.21. The molecular weight excluding hydrogens is 516 g/mol. The van der Waals surface area contributed by atoms with Gasteiger partial charge in [0.15, 0.2) is 0 Å². The molecule has 1 aliphatic heterocycles. The van der Waals surface area contributed by atoms with Crippen molar-refractivity contribution in [3.8, 4) is 0 Å². The third-order valence-electron chi connectivity index (χ3n) is 5.32. The molecule has 1 saturated heterocycles. The molecule has 0 saturated carbocycles. The van der Waals surface area contributed by atoms with Crippen molar-refractivity contribution in [2.75, 3.05) is 36.5 Å². The van der Waals surface area contributed by atoms with Crippen molar-refractivity contribution in [2.45, 2.75) is 43.9 Å². The quantitative estimate of drug-likeness (QED) is 0.363. The van der Waals surface area contributed by atoms with Crippen LogP contribution in [0.1, 0.15) is 24.5 Å². The van der Waals surface area contributed by atoms with E-state index < -0.39 is 65.4 Å². The number of carbonyl (C=O) groups is 1. The Labute approximate surface area is 205 Å². The van der Waals surface area contributed by atoms with Crippen LogP contribution in [0.4, 0.5) is 38.0 Å². The minimum absolute atomic E-state index is 0.00550. The summed E-state index contributed by atoms with van der Waals surface area (Å²) in [5.74, 6) is -0.588. The predicted octanol–water partition coefficient (Wildman–Crippen LogP) is 1.17. The van der Waals surface area contributed by atoms with Crippen molar-refractivity contribution in [3.63, 3.8) is 0 Å². The van der Waals surface area contributed by atoms with Gasteiger partial charge in [-0.25, -0.2) is 15.1 Å². The number of nitrogens with zero attached hydrogens (tertiary/aromatic N) is 4. The van der Waals surface area contributed by atoms with Gasteiger partial charge < -0.3 is 25.4 Å². The molecule has 1 aliphatic rings. The average molecular weight is 539 g/mol. The summed E-state index contributed by atoms with van der Waals surface area (Å²) in [5.41, 5.74) is -4.38. The minimum Gasteiger partial charge on any atom is -0.389 e. The summed E-state index contributed by atoms with van der Waals surface area (Å²) in [6.45, 7) is 1.04. The molecule has 0 bridgehead atoms. The zero-order valence-electron chi connectivity index (χ0n) is 19.2. The Bertz CT molecular complexity index is 1130. The van der Waals surface area contributed by atoms with Crippen molar-refractivity contribution in [3.05, 3.63) is 40.1 Å². The van der Waals surface area contributed by atoms with Gasteiger partial charge in [0.2, 0.25) is 11.9 Å². The topological polar surface area (TPSA) is 145 Å². The molecule has 204 valence electrons. The molecule has 2 aromatic rings. The highest BCUT2D eigenvalue weighted by molar-refractivity contribution is 5.77. The van der Waals surface area contributed by atoms with E-state index in [2.05, 4.69) is 25.7 Å². The number of alkyl halides is 6. The Morgan fingerprint density at radius 3 is 2.49 bits per heavy atom. The zero-order valence-corrected chi connectivity index (χ0v) is 19.2. The molecule has 1 unspecified atom stereocenters. The number of piperidine rings is 1. The lowest BCUT2D eigenvalue weighted by Crippen LogP contribution is -2.55. The Hall–Kier alpha value is -3.47. The van der Waals surface area contributed by atoms with Crippen LogP contribution in [0, 0.1) is 0 Å². The van der Waals surface area contributed by atoms with Crippen molar-refractivity contribution >= 4 is 17.5 Å². The van der Waals surface area contributed by atoms with Crippen LogP contribution in [-0.2, 0) is 21.9 Å². The number of ether oxygens (including phenoxy) is 1. The second-order valence-corrected chi connectivity index (χ2v) is 8.29. The molecular formula is C20H23F6N7O4. The van der Waals surface area contributed by atoms with Gasteiger partial charge in [0.25, 0.3) is 5.56 Å². The summed E-state index contributed by atoms with van der Waals surface area (Å²) < 4.78 is 82.5. The van der Waals surface area contributed by atoms with E-state index in [9.17, 15) is 41.0 Å². The van der Waals surface area contributed by atoms with E-state index in [0.717, 1.165) is 6.20 Å². The lowest BCUT2D eigenvalue weighted by molar-refractivity contribution is -0.139. The number of amides is 1. The molecule has 1 amide bonds. The first kappa shape index (κ1) is 28.1. The Morgan fingerprint density at radius 1 is 1.22 bits per heavy atom. The van der Waals surface area contributed by atoms with Gasteiger partial charge in [-0.05, 0) is 13.3 Å². The largest absolute Gasteiger partial charge is 0.423 e. The number of halogens is 6. The number of β-amino-alcohol motifs (C(OH)–C–C–N with tert-alkyl or cyclic N) is 1. The van der Waals surface area contributed by atoms with E-state index in [-0.39, 0.29) is 32.1 Å². The van der Waals surface area contributed by atoms with Gasteiger partial charge in [-0.2, -0.15) is 31.4 Å². The van der Waals surface area contributed by atoms with E-state index in [1.165, 1.54) is 11.8 Å². The first-order chi connectivity index (χ1) is 17.3. The molecule has 3 heterocycles. The van der Waals surface area contributed by atoms with E-state index in [0.29, 0.717) is 12.4 Å². The Morgan fingerprint density at radius 2 is 1.89 bits per heavy atom. The monoisotopic (exact) mass is 539 g/mol. The average Bonchev–Trinajstić information content (AvgIpc) is 2.79. The highest BCUT2D eigenvalue weighted by Crippen LogP contribution is 2.31. The van der Waals surface area contributed by atoms with Crippen LogP contribution < -0.4 is 21.1 Å². The maximum atomic E-state index is 13.1. The number of aliphatic hydroxyl groups excluding tert-OH is 1. The van der Waals surface area contributed by atoms with Gasteiger partial charge in [0.1, 0.15) is 12.2 Å². The summed E-state index contributed by atoms with van der Waals surface area (Å²) in [4.78, 5) is 32.5. The number of anilines is 2. The predicted molar refractivity (Wildman–Crippen MR) is 116 cm³/mol. The molecule has 17 heteroatoms. The van der Waals surface area contributed by atoms with Crippen LogP contribution in [0.25, 0.3) is 0 Å². The van der Waals surface area contributed by atoms with Crippen LogP contribution in [0.3, 0.4) is 0 Å². The van der Waals surface area contributed by atoms with Gasteiger partial charge in [-0.15, -0.1) is 0 Å². The molecule has 37 heavy (non-hydrogen) atoms. The molecule has 4 N–H and O–H groups in total. The highest BCUT2D eigenvalue weighted by atomic mass is 19.4. The normalized spacial score (nSPS) is 19.4. The minimum atomic E-state index is -4.91. The maximum Gasteiger partial charge on any atom is 0.423 e. The van der Waals surface area contributed by atoms with Gasteiger partial charge in [0, 0.05) is 31.5 Å². The molecule has 1 fully saturated rings. The molecule has 3 rings (SSSR count). The smallest absolute Gasteiger partial charge is 0.389 e. The molecule has 0 aromatic carbocycles. The molecule has 3 atom stereocenters. The van der Waals surface area contributed by atoms with Crippen molar-refractivity contribution < 1.29 is 41.0 Å². The molecule has 0 aliphatic carbocycles. The first-order valence-electron chi connectivity index (χ1n) is 10.9. The molecule has 11 nitrogen and oxygen atoms in total. The third kappa shape index (κ3) is 7.51. The number of hydrogen-bond acceptors (Lipinski definition) is 9. The van der Waals surface area contributed by atoms with Crippen LogP contribution in [0.5, 0.6) is 0 Å². The van der Waals surface area contributed by atoms with Gasteiger partial charge in [0.05, 0.1) is 36.2 Å². The molecule has 2 aromatic heterocycles. The zero-order chi connectivity index (χ0) is 27.4. The van der Waals surface area contributed by atoms with Gasteiger partial charge in [-0.1, -0.05) is 0 Å². The summed E-state index contributed by atoms with van der Waals surface area (Å²) >= 11 is 0. The van der Waals surface area contributed by atoms with E-state index >= 15 is 0 Å². The van der Waals surface area contributed by atoms with Crippen LogP contribution in [-0.4, -0.2) is 75.7 Å². The lowest BCUT2D eigenvalue weighted by Gasteiger charge is -2.36. The number of aromatic amines is 1. The molecule has 0 spiro atoms. The van der Waals surface area contributed by atoms with Crippen molar-refractivity contribution in [2.24, 2.45) is 0 Å². The highest BCUT2D eigenvalue weighted by Gasteiger charge is 2.38. The standard InChI is InChI=1S/C20H23F6N7O4/c1-10(30-13-6-29-32-17(36)16(13)20(24,25)26)8-37-9-15(35)31-12-2-3-33(7-14(12)34)18-27-4-11(5-28-18)19(21,22)23/h4-6,10,12,14,34H,2-3,7-9H2,1H3,(H,31,35)(H2,30,32,36)/t10?,12-,14-/m1/s1. The van der Waals surface area contributed by atoms with Crippen LogP contribution in [0.2, 0.25) is 0 Å². The van der Waals surface area contributed by atoms with E-state index in [1.807, 2.05) is 0 Å². The molecule has 0 radical (unpaired) electrons. The number of hydrogen-bond donors (Lipinski definition) is 4. The number of nitrogens with one attached hydrogen (secondary N) is 3. The fraction of sp³-hybridized carbons (Fsp3) is 0.550. The Kier molecular flexibility index (Phi) is 8.57. The van der Waals surface area contributed by atoms with Crippen LogP contribution >= 0.6 is 0 Å². The number of aliphatic hydroxyl groups is 1. The SMILES string of the molecule is CC(COCC(=O)N[C@@H]1CCN(c2ncc(C(F)(F)F)cn2)C[C@H]1O)Nc1cn[nH]c(=O)c1C(F)(F)F. The lowest BCUT2D eigenvalue weighted by atomic mass is 10.0. The summed E-state index contributed by atoms with van der Waals surface area (Å²) in [6, 6.07) is -1.40. The number of aromatic nitrogens is 4. The fourth-order valence-electron chi connectivity index (χ4n) is 3.59. The second kappa shape index (κ2) is 11.3. The first-order valence-corrected chi connectivity index (χ1v) is 10.9. The third-order valence-corrected chi connectivity index (χ3v) is 5.32. The summed E-state index contributed by atoms with van der Waals surface area (Å²) in [5, 5.41) is 20.5. The van der Waals surface area contributed by atoms with E-state index in [1.54, 1.807) is 5.10 Å². The van der Waals surface area contributed by atoms with Gasteiger partial charge >= 0.3 is 12.4 Å². The second-order valence-electron chi connectivity index (χ2n) is 8.29. The Balaban J connectivity index is 1.44. The number of rotatable bonds is 8. The fourth-order valence-corrected chi connectivity index (χ4v) is 3.59. The summed E-state index contributed by atoms with van der Waals surface area (Å²) in [7, 11) is 0. The van der Waals surface area contributed by atoms with Crippen molar-refractivity contribution in [1.82, 2.24) is 25.5 Å². The van der Waals surface area contributed by atoms with Gasteiger partial charge in [-0.3, -0.25) is 9.59 Å². The van der Waals surface area contributed by atoms with Crippen molar-refractivity contribution in [1.29, 1.82) is 0 Å². The number of carbonyl (C=O) groups excluding carboxylic acids is 1. The maximum absolute atomic E-state index is 13.1.